The second-order valence-electron chi connectivity index (χ2n) is 5.77. The Balaban J connectivity index is 1.60. The van der Waals surface area contributed by atoms with E-state index in [4.69, 9.17) is 32.7 Å². The molecule has 3 rings (SSSR count). The highest BCUT2D eigenvalue weighted by Crippen LogP contribution is 2.25. The van der Waals surface area contributed by atoms with E-state index in [1.807, 2.05) is 0 Å². The van der Waals surface area contributed by atoms with Gasteiger partial charge < -0.3 is 19.7 Å². The van der Waals surface area contributed by atoms with Crippen LogP contribution in [0.1, 0.15) is 12.8 Å². The van der Waals surface area contributed by atoms with Crippen molar-refractivity contribution in [3.63, 3.8) is 0 Å². The van der Waals surface area contributed by atoms with Gasteiger partial charge in [0.25, 0.3) is 0 Å². The fourth-order valence-electron chi connectivity index (χ4n) is 2.66. The third-order valence-electron chi connectivity index (χ3n) is 3.91. The number of nitrogens with one attached hydrogen (secondary N) is 1. The molecule has 1 fully saturated rings. The van der Waals surface area contributed by atoms with E-state index < -0.39 is 0 Å². The number of carbonyl (C=O) groups is 1. The van der Waals surface area contributed by atoms with Crippen LogP contribution in [-0.2, 0) is 0 Å². The number of rotatable bonds is 4. The number of methoxy groups -OCH3 is 1. The van der Waals surface area contributed by atoms with Crippen LogP contribution >= 0.6 is 23.2 Å². The van der Waals surface area contributed by atoms with Crippen molar-refractivity contribution < 1.29 is 14.3 Å². The van der Waals surface area contributed by atoms with Crippen LogP contribution in [0.2, 0.25) is 10.0 Å². The summed E-state index contributed by atoms with van der Waals surface area (Å²) in [4.78, 5) is 22.3. The maximum atomic E-state index is 12.5. The minimum atomic E-state index is -0.211. The van der Waals surface area contributed by atoms with Crippen LogP contribution in [0.4, 0.5) is 10.5 Å². The normalized spacial score (nSPS) is 16.9. The number of urea groups is 1. The smallest absolute Gasteiger partial charge is 0.321 e. The van der Waals surface area contributed by atoms with Gasteiger partial charge in [0.2, 0.25) is 5.88 Å². The Morgan fingerprint density at radius 2 is 2.15 bits per heavy atom. The van der Waals surface area contributed by atoms with Crippen LogP contribution in [0, 0.1) is 0 Å². The van der Waals surface area contributed by atoms with Gasteiger partial charge in [0.1, 0.15) is 6.10 Å². The predicted octanol–water partition coefficient (Wildman–Crippen LogP) is 3.87. The van der Waals surface area contributed by atoms with Crippen LogP contribution in [0.3, 0.4) is 0 Å². The third-order valence-corrected chi connectivity index (χ3v) is 4.65. The van der Waals surface area contributed by atoms with Gasteiger partial charge >= 0.3 is 12.0 Å². The Morgan fingerprint density at radius 3 is 2.92 bits per heavy atom. The summed E-state index contributed by atoms with van der Waals surface area (Å²) in [6, 6.07) is 6.66. The number of aromatic nitrogens is 2. The van der Waals surface area contributed by atoms with E-state index in [0.717, 1.165) is 12.8 Å². The van der Waals surface area contributed by atoms with E-state index in [0.29, 0.717) is 34.7 Å². The summed E-state index contributed by atoms with van der Waals surface area (Å²) in [6.07, 6.45) is 3.09. The minimum absolute atomic E-state index is 0.150. The second-order valence-corrected chi connectivity index (χ2v) is 6.58. The highest BCUT2D eigenvalue weighted by molar-refractivity contribution is 6.42. The molecule has 1 aromatic carbocycles. The van der Waals surface area contributed by atoms with Crippen molar-refractivity contribution in [3.05, 3.63) is 40.5 Å². The molecule has 1 aliphatic rings. The summed E-state index contributed by atoms with van der Waals surface area (Å²) in [5, 5.41) is 3.66. The zero-order valence-corrected chi connectivity index (χ0v) is 15.6. The molecule has 26 heavy (non-hydrogen) atoms. The summed E-state index contributed by atoms with van der Waals surface area (Å²) in [5.41, 5.74) is 0.591. The molecule has 1 saturated heterocycles. The maximum Gasteiger partial charge on any atom is 0.321 e. The first-order valence-corrected chi connectivity index (χ1v) is 8.85. The first kappa shape index (κ1) is 18.5. The third kappa shape index (κ3) is 4.68. The lowest BCUT2D eigenvalue weighted by Gasteiger charge is -2.32. The summed E-state index contributed by atoms with van der Waals surface area (Å²) in [7, 11) is 1.49. The van der Waals surface area contributed by atoms with Gasteiger partial charge in [-0.05, 0) is 31.0 Å². The minimum Gasteiger partial charge on any atom is -0.472 e. The van der Waals surface area contributed by atoms with Crippen molar-refractivity contribution in [1.29, 1.82) is 0 Å². The number of nitrogens with zero attached hydrogens (tertiary/aromatic N) is 3. The summed E-state index contributed by atoms with van der Waals surface area (Å²) >= 11 is 11.9. The molecule has 1 atom stereocenters. The Labute approximate surface area is 161 Å². The predicted molar refractivity (Wildman–Crippen MR) is 99.3 cm³/mol. The number of carbonyl (C=O) groups excluding carboxylic acids is 1. The molecule has 0 aliphatic carbocycles. The van der Waals surface area contributed by atoms with Crippen molar-refractivity contribution in [3.8, 4) is 11.9 Å². The van der Waals surface area contributed by atoms with Gasteiger partial charge in [0, 0.05) is 24.5 Å². The highest BCUT2D eigenvalue weighted by Gasteiger charge is 2.25. The van der Waals surface area contributed by atoms with E-state index in [2.05, 4.69) is 15.3 Å². The first-order valence-electron chi connectivity index (χ1n) is 8.10. The summed E-state index contributed by atoms with van der Waals surface area (Å²) in [5.74, 6) is 0.425. The van der Waals surface area contributed by atoms with Gasteiger partial charge in [-0.15, -0.1) is 0 Å². The molecular weight excluding hydrogens is 379 g/mol. The molecule has 0 radical (unpaired) electrons. The number of piperidine rings is 1. The zero-order chi connectivity index (χ0) is 18.5. The number of halogens is 2. The van der Waals surface area contributed by atoms with Gasteiger partial charge in [0.15, 0.2) is 0 Å². The van der Waals surface area contributed by atoms with Gasteiger partial charge in [0.05, 0.1) is 23.7 Å². The lowest BCUT2D eigenvalue weighted by atomic mass is 10.1. The van der Waals surface area contributed by atoms with Crippen molar-refractivity contribution in [2.45, 2.75) is 18.9 Å². The fourth-order valence-corrected chi connectivity index (χ4v) is 2.95. The lowest BCUT2D eigenvalue weighted by molar-refractivity contribution is 0.102. The molecule has 1 unspecified atom stereocenters. The Kier molecular flexibility index (Phi) is 6.00. The van der Waals surface area contributed by atoms with Crippen LogP contribution in [0.25, 0.3) is 0 Å². The van der Waals surface area contributed by atoms with Crippen molar-refractivity contribution in [1.82, 2.24) is 14.9 Å². The first-order chi connectivity index (χ1) is 12.5. The maximum absolute atomic E-state index is 12.5. The quantitative estimate of drug-likeness (QED) is 0.848. The van der Waals surface area contributed by atoms with Crippen molar-refractivity contribution in [2.24, 2.45) is 0 Å². The monoisotopic (exact) mass is 396 g/mol. The van der Waals surface area contributed by atoms with E-state index >= 15 is 0 Å². The number of amides is 2. The number of likely N-dealkylation sites (tertiary alicyclic amines) is 1. The zero-order valence-electron chi connectivity index (χ0n) is 14.1. The van der Waals surface area contributed by atoms with Gasteiger partial charge in [-0.25, -0.2) is 9.78 Å². The average Bonchev–Trinajstić information content (AvgIpc) is 2.65. The lowest BCUT2D eigenvalue weighted by Crippen LogP contribution is -2.46. The molecule has 0 bridgehead atoms. The van der Waals surface area contributed by atoms with Crippen molar-refractivity contribution in [2.75, 3.05) is 25.5 Å². The number of ether oxygens (including phenoxy) is 2. The molecule has 1 aliphatic heterocycles. The van der Waals surface area contributed by atoms with Crippen LogP contribution in [0.15, 0.2) is 30.5 Å². The standard InChI is InChI=1S/C17H18Cl2N4O3/c1-25-16-20-7-6-15(22-16)26-12-3-2-8-23(10-12)17(24)21-11-4-5-13(18)14(19)9-11/h4-7,9,12H,2-3,8,10H2,1H3,(H,21,24). The molecule has 2 aromatic rings. The van der Waals surface area contributed by atoms with E-state index in [9.17, 15) is 4.79 Å². The topological polar surface area (TPSA) is 76.6 Å². The Morgan fingerprint density at radius 1 is 1.31 bits per heavy atom. The molecule has 0 saturated carbocycles. The molecule has 7 nitrogen and oxygen atoms in total. The molecule has 2 heterocycles. The fraction of sp³-hybridized carbons (Fsp3) is 0.353. The van der Waals surface area contributed by atoms with E-state index in [-0.39, 0.29) is 18.1 Å². The molecule has 0 spiro atoms. The van der Waals surface area contributed by atoms with Crippen LogP contribution in [0.5, 0.6) is 11.9 Å². The van der Waals surface area contributed by atoms with Crippen LogP contribution in [-0.4, -0.2) is 47.2 Å². The number of anilines is 1. The summed E-state index contributed by atoms with van der Waals surface area (Å²) in [6.45, 7) is 1.11. The summed E-state index contributed by atoms with van der Waals surface area (Å²) < 4.78 is 10.9. The SMILES string of the molecule is COc1nccc(OC2CCCN(C(=O)Nc3ccc(Cl)c(Cl)c3)C2)n1. The highest BCUT2D eigenvalue weighted by atomic mass is 35.5. The molecule has 1 N–H and O–H groups in total. The Hall–Kier alpha value is -2.25. The largest absolute Gasteiger partial charge is 0.472 e. The molecule has 1 aromatic heterocycles. The molecule has 2 amide bonds. The van der Waals surface area contributed by atoms with Gasteiger partial charge in [-0.3, -0.25) is 0 Å². The van der Waals surface area contributed by atoms with E-state index in [1.165, 1.54) is 7.11 Å². The molecule has 138 valence electrons. The second kappa shape index (κ2) is 8.42. The van der Waals surface area contributed by atoms with Gasteiger partial charge in [-0.2, -0.15) is 4.98 Å². The number of hydrogen-bond donors (Lipinski definition) is 1. The molecular formula is C17H18Cl2N4O3. The Bertz CT molecular complexity index is 790. The number of hydrogen-bond acceptors (Lipinski definition) is 5. The van der Waals surface area contributed by atoms with E-state index in [1.54, 1.807) is 35.4 Å². The molecule has 9 heteroatoms. The van der Waals surface area contributed by atoms with Crippen LogP contribution < -0.4 is 14.8 Å². The van der Waals surface area contributed by atoms with Gasteiger partial charge in [-0.1, -0.05) is 23.2 Å². The average molecular weight is 397 g/mol. The van der Waals surface area contributed by atoms with Crippen molar-refractivity contribution >= 4 is 34.9 Å². The number of benzene rings is 1.